The van der Waals surface area contributed by atoms with Crippen LogP contribution in [0.2, 0.25) is 0 Å². The van der Waals surface area contributed by atoms with E-state index >= 15 is 0 Å². The lowest BCUT2D eigenvalue weighted by Crippen LogP contribution is -1.95. The number of pyridine rings is 1. The molecular weight excluding hydrogens is 150 g/mol. The van der Waals surface area contributed by atoms with Crippen LogP contribution in [0.15, 0.2) is 18.3 Å². The molecule has 0 aliphatic rings. The summed E-state index contributed by atoms with van der Waals surface area (Å²) in [5.74, 6) is 5.59. The number of nitrogens with zero attached hydrogens (tertiary/aromatic N) is 1. The van der Waals surface area contributed by atoms with E-state index in [4.69, 9.17) is 0 Å². The Hall–Kier alpha value is -1.62. The fraction of sp³-hybridized carbons (Fsp3) is 0.200. The third kappa shape index (κ3) is 1.93. The van der Waals surface area contributed by atoms with Crippen LogP contribution in [0.4, 0.5) is 0 Å². The highest BCUT2D eigenvalue weighted by molar-refractivity contribution is 5.92. The van der Waals surface area contributed by atoms with Crippen LogP contribution < -0.4 is 0 Å². The molecule has 0 aliphatic heterocycles. The Labute approximate surface area is 71.6 Å². The van der Waals surface area contributed by atoms with E-state index in [0.29, 0.717) is 5.69 Å². The van der Waals surface area contributed by atoms with E-state index in [1.165, 1.54) is 6.92 Å². The molecule has 12 heavy (non-hydrogen) atoms. The van der Waals surface area contributed by atoms with Crippen molar-refractivity contribution in [2.75, 3.05) is 0 Å². The van der Waals surface area contributed by atoms with Gasteiger partial charge in [0.2, 0.25) is 0 Å². The van der Waals surface area contributed by atoms with E-state index in [9.17, 15) is 4.79 Å². The summed E-state index contributed by atoms with van der Waals surface area (Å²) < 4.78 is 0. The van der Waals surface area contributed by atoms with Gasteiger partial charge in [-0.2, -0.15) is 0 Å². The van der Waals surface area contributed by atoms with E-state index in [-0.39, 0.29) is 5.78 Å². The Morgan fingerprint density at radius 1 is 1.50 bits per heavy atom. The maximum atomic E-state index is 10.8. The van der Waals surface area contributed by atoms with Gasteiger partial charge in [-0.15, -0.1) is 5.92 Å². The minimum atomic E-state index is -0.0222. The number of Topliss-reactive ketones (excluding diaryl/α,β-unsaturated/α-hetero) is 1. The molecule has 1 heterocycles. The minimum absolute atomic E-state index is 0.0222. The Bertz CT molecular complexity index is 340. The molecule has 0 N–H and O–H groups in total. The molecule has 0 fully saturated rings. The van der Waals surface area contributed by atoms with E-state index < -0.39 is 0 Å². The predicted molar refractivity (Wildman–Crippen MR) is 46.8 cm³/mol. The normalized spacial score (nSPS) is 8.50. The smallest absolute Gasteiger partial charge is 0.178 e. The SMILES string of the molecule is CC#Cc1ccc(C(C)=O)nc1. The van der Waals surface area contributed by atoms with Crippen LogP contribution in [0.3, 0.4) is 0 Å². The van der Waals surface area contributed by atoms with Gasteiger partial charge < -0.3 is 0 Å². The van der Waals surface area contributed by atoms with Gasteiger partial charge in [0.25, 0.3) is 0 Å². The van der Waals surface area contributed by atoms with Gasteiger partial charge in [0.15, 0.2) is 5.78 Å². The summed E-state index contributed by atoms with van der Waals surface area (Å²) in [6, 6.07) is 3.47. The largest absolute Gasteiger partial charge is 0.293 e. The summed E-state index contributed by atoms with van der Waals surface area (Å²) in [6.45, 7) is 3.26. The van der Waals surface area contributed by atoms with Crippen LogP contribution in [0.5, 0.6) is 0 Å². The molecule has 60 valence electrons. The number of carbonyl (C=O) groups is 1. The molecule has 2 nitrogen and oxygen atoms in total. The highest BCUT2D eigenvalue weighted by Gasteiger charge is 1.98. The highest BCUT2D eigenvalue weighted by atomic mass is 16.1. The first-order valence-corrected chi connectivity index (χ1v) is 3.64. The summed E-state index contributed by atoms with van der Waals surface area (Å²) in [6.07, 6.45) is 1.60. The Morgan fingerprint density at radius 3 is 2.67 bits per heavy atom. The summed E-state index contributed by atoms with van der Waals surface area (Å²) in [7, 11) is 0. The van der Waals surface area contributed by atoms with Crippen molar-refractivity contribution >= 4 is 5.78 Å². The lowest BCUT2D eigenvalue weighted by atomic mass is 10.2. The van der Waals surface area contributed by atoms with E-state index in [2.05, 4.69) is 16.8 Å². The van der Waals surface area contributed by atoms with Crippen LogP contribution in [0.25, 0.3) is 0 Å². The van der Waals surface area contributed by atoms with Gasteiger partial charge in [-0.05, 0) is 19.1 Å². The molecule has 0 unspecified atom stereocenters. The van der Waals surface area contributed by atoms with Crippen LogP contribution in [-0.4, -0.2) is 10.8 Å². The molecule has 0 aliphatic carbocycles. The molecule has 0 bridgehead atoms. The Kier molecular flexibility index (Phi) is 2.60. The minimum Gasteiger partial charge on any atom is -0.293 e. The summed E-state index contributed by atoms with van der Waals surface area (Å²) >= 11 is 0. The van der Waals surface area contributed by atoms with E-state index in [1.807, 2.05) is 0 Å². The van der Waals surface area contributed by atoms with Gasteiger partial charge in [-0.1, -0.05) is 5.92 Å². The standard InChI is InChI=1S/C10H9NO/c1-3-4-9-5-6-10(8(2)12)11-7-9/h5-7H,1-2H3. The molecule has 0 aromatic carbocycles. The van der Waals surface area contributed by atoms with Crippen molar-refractivity contribution in [2.45, 2.75) is 13.8 Å². The van der Waals surface area contributed by atoms with E-state index in [1.54, 1.807) is 25.3 Å². The molecule has 2 heteroatoms. The number of carbonyl (C=O) groups excluding carboxylic acids is 1. The van der Waals surface area contributed by atoms with Gasteiger partial charge in [0.1, 0.15) is 5.69 Å². The highest BCUT2D eigenvalue weighted by Crippen LogP contribution is 1.98. The summed E-state index contributed by atoms with van der Waals surface area (Å²) in [5.41, 5.74) is 1.32. The van der Waals surface area contributed by atoms with Crippen molar-refractivity contribution in [3.8, 4) is 11.8 Å². The maximum Gasteiger partial charge on any atom is 0.178 e. The average molecular weight is 159 g/mol. The first-order valence-electron chi connectivity index (χ1n) is 3.64. The third-order valence-electron chi connectivity index (χ3n) is 1.39. The van der Waals surface area contributed by atoms with Crippen molar-refractivity contribution in [3.05, 3.63) is 29.6 Å². The Morgan fingerprint density at radius 2 is 2.25 bits per heavy atom. The summed E-state index contributed by atoms with van der Waals surface area (Å²) in [4.78, 5) is 14.8. The zero-order valence-corrected chi connectivity index (χ0v) is 7.09. The monoisotopic (exact) mass is 159 g/mol. The molecule has 1 aromatic heterocycles. The van der Waals surface area contributed by atoms with Crippen LogP contribution in [0, 0.1) is 11.8 Å². The van der Waals surface area contributed by atoms with Gasteiger partial charge in [-0.25, -0.2) is 0 Å². The van der Waals surface area contributed by atoms with E-state index in [0.717, 1.165) is 5.56 Å². The van der Waals surface area contributed by atoms with Crippen molar-refractivity contribution < 1.29 is 4.79 Å². The van der Waals surface area contributed by atoms with Gasteiger partial charge in [0, 0.05) is 18.7 Å². The molecule has 0 saturated carbocycles. The number of rotatable bonds is 1. The molecule has 0 radical (unpaired) electrons. The number of aromatic nitrogens is 1. The molecule has 1 rings (SSSR count). The lowest BCUT2D eigenvalue weighted by molar-refractivity contribution is 0.101. The van der Waals surface area contributed by atoms with Crippen molar-refractivity contribution in [1.82, 2.24) is 4.98 Å². The van der Waals surface area contributed by atoms with Crippen LogP contribution in [-0.2, 0) is 0 Å². The second-order valence-corrected chi connectivity index (χ2v) is 2.36. The van der Waals surface area contributed by atoms with Crippen LogP contribution in [0.1, 0.15) is 29.9 Å². The molecule has 0 atom stereocenters. The first kappa shape index (κ1) is 8.48. The zero-order chi connectivity index (χ0) is 8.97. The Balaban J connectivity index is 2.98. The predicted octanol–water partition coefficient (Wildman–Crippen LogP) is 1.66. The van der Waals surface area contributed by atoms with Gasteiger partial charge >= 0.3 is 0 Å². The molecule has 1 aromatic rings. The molecule has 0 saturated heterocycles. The van der Waals surface area contributed by atoms with Crippen molar-refractivity contribution in [2.24, 2.45) is 0 Å². The molecule has 0 amide bonds. The number of hydrogen-bond donors (Lipinski definition) is 0. The van der Waals surface area contributed by atoms with Gasteiger partial charge in [-0.3, -0.25) is 9.78 Å². The topological polar surface area (TPSA) is 30.0 Å². The second kappa shape index (κ2) is 3.68. The quantitative estimate of drug-likeness (QED) is 0.460. The second-order valence-electron chi connectivity index (χ2n) is 2.36. The van der Waals surface area contributed by atoms with Gasteiger partial charge in [0.05, 0.1) is 0 Å². The lowest BCUT2D eigenvalue weighted by Gasteiger charge is -1.93. The fourth-order valence-corrected chi connectivity index (χ4v) is 0.820. The average Bonchev–Trinajstić information content (AvgIpc) is 2.06. The number of hydrogen-bond acceptors (Lipinski definition) is 2. The summed E-state index contributed by atoms with van der Waals surface area (Å²) in [5, 5.41) is 0. The number of ketones is 1. The first-order chi connectivity index (χ1) is 5.74. The molecular formula is C10H9NO. The van der Waals surface area contributed by atoms with Crippen molar-refractivity contribution in [1.29, 1.82) is 0 Å². The molecule has 0 spiro atoms. The van der Waals surface area contributed by atoms with Crippen molar-refractivity contribution in [3.63, 3.8) is 0 Å². The zero-order valence-electron chi connectivity index (χ0n) is 7.09. The maximum absolute atomic E-state index is 10.8. The third-order valence-corrected chi connectivity index (χ3v) is 1.39. The van der Waals surface area contributed by atoms with Crippen LogP contribution >= 0.6 is 0 Å². The fourth-order valence-electron chi connectivity index (χ4n) is 0.820.